The third-order valence-electron chi connectivity index (χ3n) is 7.86. The van der Waals surface area contributed by atoms with Crippen molar-refractivity contribution in [2.45, 2.75) is 38.5 Å². The van der Waals surface area contributed by atoms with E-state index in [0.29, 0.717) is 41.0 Å². The van der Waals surface area contributed by atoms with Gasteiger partial charge in [-0.1, -0.05) is 30.3 Å². The first kappa shape index (κ1) is 30.3. The smallest absolute Gasteiger partial charge is 0.416 e. The van der Waals surface area contributed by atoms with Crippen LogP contribution in [0.4, 0.5) is 18.9 Å². The van der Waals surface area contributed by atoms with Crippen molar-refractivity contribution in [2.24, 2.45) is 7.05 Å². The summed E-state index contributed by atoms with van der Waals surface area (Å²) in [5.74, 6) is 0.112. The number of carbonyl (C=O) groups is 1. The van der Waals surface area contributed by atoms with Crippen molar-refractivity contribution < 1.29 is 22.7 Å². The Hall–Kier alpha value is -4.15. The Morgan fingerprint density at radius 3 is 2.56 bits per heavy atom. The van der Waals surface area contributed by atoms with Crippen LogP contribution in [0.3, 0.4) is 0 Å². The second kappa shape index (κ2) is 13.0. The zero-order valence-corrected chi connectivity index (χ0v) is 24.5. The second-order valence-electron chi connectivity index (χ2n) is 11.0. The Bertz CT molecular complexity index is 1580. The van der Waals surface area contributed by atoms with E-state index in [2.05, 4.69) is 20.6 Å². The number of carbonyl (C=O) groups excluding carboxylic acids is 1. The van der Waals surface area contributed by atoms with Gasteiger partial charge in [-0.15, -0.1) is 0 Å². The first-order valence-corrected chi connectivity index (χ1v) is 14.3. The van der Waals surface area contributed by atoms with Crippen LogP contribution in [-0.2, 0) is 32.6 Å². The molecule has 0 bridgehead atoms. The van der Waals surface area contributed by atoms with Crippen LogP contribution in [0, 0.1) is 0 Å². The van der Waals surface area contributed by atoms with Crippen LogP contribution in [0.2, 0.25) is 0 Å². The van der Waals surface area contributed by atoms with Crippen molar-refractivity contribution in [1.82, 2.24) is 20.0 Å². The van der Waals surface area contributed by atoms with E-state index in [4.69, 9.17) is 4.74 Å². The predicted octanol–water partition coefficient (Wildman–Crippen LogP) is 5.95. The van der Waals surface area contributed by atoms with Crippen molar-refractivity contribution in [3.63, 3.8) is 0 Å². The van der Waals surface area contributed by atoms with Gasteiger partial charge in [-0.05, 0) is 72.4 Å². The number of methoxy groups -OCH3 is 1. The number of aryl methyl sites for hydroxylation is 3. The van der Waals surface area contributed by atoms with Crippen LogP contribution in [0.15, 0.2) is 73.1 Å². The van der Waals surface area contributed by atoms with Crippen molar-refractivity contribution in [3.05, 3.63) is 101 Å². The third kappa shape index (κ3) is 7.44. The number of ether oxygens (including phenoxy) is 1. The molecular weight excluding hydrogens is 555 g/mol. The zero-order chi connectivity index (χ0) is 30.6. The molecule has 0 radical (unpaired) electrons. The third-order valence-corrected chi connectivity index (χ3v) is 7.86. The van der Waals surface area contributed by atoms with E-state index in [9.17, 15) is 18.0 Å². The summed E-state index contributed by atoms with van der Waals surface area (Å²) in [5, 5.41) is 10.4. The lowest BCUT2D eigenvalue weighted by Crippen LogP contribution is -2.49. The minimum absolute atomic E-state index is 0.176. The van der Waals surface area contributed by atoms with Gasteiger partial charge in [0, 0.05) is 56.7 Å². The van der Waals surface area contributed by atoms with Gasteiger partial charge in [0.05, 0.1) is 24.4 Å². The summed E-state index contributed by atoms with van der Waals surface area (Å²) >= 11 is 0. The maximum absolute atomic E-state index is 14.0. The molecule has 2 heterocycles. The fraction of sp³-hybridized carbons (Fsp3) is 0.333. The fourth-order valence-corrected chi connectivity index (χ4v) is 5.44. The van der Waals surface area contributed by atoms with Gasteiger partial charge in [0.1, 0.15) is 5.75 Å². The molecule has 1 aliphatic heterocycles. The van der Waals surface area contributed by atoms with E-state index >= 15 is 0 Å². The van der Waals surface area contributed by atoms with Crippen molar-refractivity contribution in [2.75, 3.05) is 32.1 Å². The first-order chi connectivity index (χ1) is 20.6. The van der Waals surface area contributed by atoms with Crippen molar-refractivity contribution in [3.8, 4) is 16.9 Å². The molecule has 1 unspecified atom stereocenters. The standard InChI is InChI=1S/C33H36F3N5O2/c1-22-18-37-13-14-41(22)21-26-10-9-24(16-30(26)33(34,35)36)8-7-23-5-4-6-28(15-23)39-32(42)29-12-11-25(17-31(29)43-3)27-19-38-40(2)20-27/h4-6,9-12,15-17,19-20,22,37H,7-8,13-14,18,21H2,1-3H3,(H,39,42). The topological polar surface area (TPSA) is 71.4 Å². The van der Waals surface area contributed by atoms with E-state index in [1.165, 1.54) is 13.2 Å². The molecule has 0 aliphatic carbocycles. The zero-order valence-electron chi connectivity index (χ0n) is 24.5. The molecule has 1 aliphatic rings. The molecule has 5 rings (SSSR count). The minimum atomic E-state index is -4.43. The fourth-order valence-electron chi connectivity index (χ4n) is 5.44. The average molecular weight is 592 g/mol. The number of benzene rings is 3. The van der Waals surface area contributed by atoms with Crippen molar-refractivity contribution in [1.29, 1.82) is 0 Å². The number of rotatable bonds is 9. The Balaban J connectivity index is 1.26. The number of hydrogen-bond acceptors (Lipinski definition) is 5. The number of alkyl halides is 3. The molecule has 226 valence electrons. The number of piperazine rings is 1. The lowest BCUT2D eigenvalue weighted by molar-refractivity contribution is -0.138. The summed E-state index contributed by atoms with van der Waals surface area (Å²) in [6.07, 6.45) is 0.162. The van der Waals surface area contributed by atoms with Crippen LogP contribution < -0.4 is 15.4 Å². The molecule has 1 amide bonds. The van der Waals surface area contributed by atoms with Crippen LogP contribution in [0.5, 0.6) is 5.75 Å². The molecule has 43 heavy (non-hydrogen) atoms. The van der Waals surface area contributed by atoms with E-state index in [-0.39, 0.29) is 18.5 Å². The Labute approximate surface area is 249 Å². The summed E-state index contributed by atoms with van der Waals surface area (Å²) in [4.78, 5) is 15.2. The highest BCUT2D eigenvalue weighted by Crippen LogP contribution is 2.34. The SMILES string of the molecule is COc1cc(-c2cnn(C)c2)ccc1C(=O)Nc1cccc(CCc2ccc(CN3CCNCC3C)c(C(F)(F)F)c2)c1. The molecule has 3 aromatic carbocycles. The van der Waals surface area contributed by atoms with Gasteiger partial charge in [0.15, 0.2) is 0 Å². The average Bonchev–Trinajstić information content (AvgIpc) is 3.43. The molecule has 0 spiro atoms. The summed E-state index contributed by atoms with van der Waals surface area (Å²) in [6.45, 7) is 4.56. The van der Waals surface area contributed by atoms with Gasteiger partial charge in [0.25, 0.3) is 5.91 Å². The largest absolute Gasteiger partial charge is 0.496 e. The maximum atomic E-state index is 14.0. The van der Waals surface area contributed by atoms with Gasteiger partial charge in [0.2, 0.25) is 0 Å². The number of nitrogens with zero attached hydrogens (tertiary/aromatic N) is 3. The van der Waals surface area contributed by atoms with E-state index < -0.39 is 11.7 Å². The lowest BCUT2D eigenvalue weighted by Gasteiger charge is -2.34. The predicted molar refractivity (Wildman–Crippen MR) is 161 cm³/mol. The van der Waals surface area contributed by atoms with Crippen LogP contribution in [0.1, 0.15) is 39.5 Å². The summed E-state index contributed by atoms with van der Waals surface area (Å²) < 4.78 is 49.3. The Morgan fingerprint density at radius 1 is 1.07 bits per heavy atom. The summed E-state index contributed by atoms with van der Waals surface area (Å²) in [7, 11) is 3.35. The Kier molecular flexibility index (Phi) is 9.17. The first-order valence-electron chi connectivity index (χ1n) is 14.3. The quantitative estimate of drug-likeness (QED) is 0.252. The molecular formula is C33H36F3N5O2. The van der Waals surface area contributed by atoms with Crippen LogP contribution in [0.25, 0.3) is 11.1 Å². The number of aromatic nitrogens is 2. The highest BCUT2D eigenvalue weighted by atomic mass is 19.4. The molecule has 1 saturated heterocycles. The molecule has 0 saturated carbocycles. The van der Waals surface area contributed by atoms with Crippen LogP contribution >= 0.6 is 0 Å². The summed E-state index contributed by atoms with van der Waals surface area (Å²) in [5.41, 5.74) is 4.03. The normalized spacial score (nSPS) is 15.8. The summed E-state index contributed by atoms with van der Waals surface area (Å²) in [6, 6.07) is 17.6. The van der Waals surface area contributed by atoms with Gasteiger partial charge in [-0.2, -0.15) is 18.3 Å². The molecule has 1 atom stereocenters. The molecule has 1 fully saturated rings. The maximum Gasteiger partial charge on any atom is 0.416 e. The Morgan fingerprint density at radius 2 is 1.86 bits per heavy atom. The number of anilines is 1. The molecule has 4 aromatic rings. The molecule has 7 nitrogen and oxygen atoms in total. The van der Waals surface area contributed by atoms with E-state index in [0.717, 1.165) is 36.3 Å². The van der Waals surface area contributed by atoms with E-state index in [1.807, 2.05) is 44.4 Å². The molecule has 10 heteroatoms. The molecule has 1 aromatic heterocycles. The molecule has 2 N–H and O–H groups in total. The van der Waals surface area contributed by atoms with Gasteiger partial charge < -0.3 is 15.4 Å². The van der Waals surface area contributed by atoms with Gasteiger partial charge >= 0.3 is 6.18 Å². The number of nitrogens with one attached hydrogen (secondary N) is 2. The van der Waals surface area contributed by atoms with Gasteiger partial charge in [-0.3, -0.25) is 14.4 Å². The van der Waals surface area contributed by atoms with E-state index in [1.54, 1.807) is 41.2 Å². The lowest BCUT2D eigenvalue weighted by atomic mass is 9.98. The minimum Gasteiger partial charge on any atom is -0.496 e. The van der Waals surface area contributed by atoms with Crippen molar-refractivity contribution >= 4 is 11.6 Å². The van der Waals surface area contributed by atoms with Crippen LogP contribution in [-0.4, -0.2) is 53.4 Å². The monoisotopic (exact) mass is 591 g/mol. The highest BCUT2D eigenvalue weighted by molar-refractivity contribution is 6.06. The number of hydrogen-bond donors (Lipinski definition) is 2. The highest BCUT2D eigenvalue weighted by Gasteiger charge is 2.34. The number of amides is 1. The van der Waals surface area contributed by atoms with Gasteiger partial charge in [-0.25, -0.2) is 0 Å². The number of halogens is 3. The second-order valence-corrected chi connectivity index (χ2v) is 11.0.